The Morgan fingerprint density at radius 3 is 2.25 bits per heavy atom. The molecule has 1 aliphatic carbocycles. The van der Waals surface area contributed by atoms with Gasteiger partial charge in [0.1, 0.15) is 11.5 Å². The van der Waals surface area contributed by atoms with E-state index >= 15 is 0 Å². The van der Waals surface area contributed by atoms with E-state index in [1.54, 1.807) is 14.2 Å². The Morgan fingerprint density at radius 1 is 1.10 bits per heavy atom. The SMILES string of the molecule is COc1cccc(OC)c1C(O)CCC1CCCCC1. The van der Waals surface area contributed by atoms with E-state index in [1.807, 2.05) is 18.2 Å². The smallest absolute Gasteiger partial charge is 0.128 e. The Labute approximate surface area is 121 Å². The summed E-state index contributed by atoms with van der Waals surface area (Å²) in [5.41, 5.74) is 0.785. The van der Waals surface area contributed by atoms with Crippen LogP contribution >= 0.6 is 0 Å². The second kappa shape index (κ2) is 7.53. The molecule has 2 rings (SSSR count). The molecule has 1 atom stereocenters. The summed E-state index contributed by atoms with van der Waals surface area (Å²) in [6.07, 6.45) is 8.05. The first-order valence-corrected chi connectivity index (χ1v) is 7.65. The summed E-state index contributed by atoms with van der Waals surface area (Å²) in [5, 5.41) is 10.5. The molecule has 3 heteroatoms. The summed E-state index contributed by atoms with van der Waals surface area (Å²) in [6, 6.07) is 5.64. The predicted molar refractivity (Wildman–Crippen MR) is 80.3 cm³/mol. The summed E-state index contributed by atoms with van der Waals surface area (Å²) in [5.74, 6) is 2.19. The van der Waals surface area contributed by atoms with Crippen molar-refractivity contribution in [2.24, 2.45) is 5.92 Å². The van der Waals surface area contributed by atoms with Crippen molar-refractivity contribution in [2.75, 3.05) is 14.2 Å². The summed E-state index contributed by atoms with van der Waals surface area (Å²) in [4.78, 5) is 0. The highest BCUT2D eigenvalue weighted by Gasteiger charge is 2.21. The average molecular weight is 278 g/mol. The van der Waals surface area contributed by atoms with Crippen LogP contribution in [0.1, 0.15) is 56.6 Å². The number of aliphatic hydroxyl groups is 1. The van der Waals surface area contributed by atoms with Crippen molar-refractivity contribution in [1.82, 2.24) is 0 Å². The van der Waals surface area contributed by atoms with Crippen LogP contribution in [0.5, 0.6) is 11.5 Å². The molecule has 1 saturated carbocycles. The van der Waals surface area contributed by atoms with Crippen LogP contribution in [0, 0.1) is 5.92 Å². The van der Waals surface area contributed by atoms with Crippen LogP contribution < -0.4 is 9.47 Å². The maximum atomic E-state index is 10.5. The highest BCUT2D eigenvalue weighted by molar-refractivity contribution is 5.46. The molecule has 112 valence electrons. The van der Waals surface area contributed by atoms with Crippen molar-refractivity contribution in [3.63, 3.8) is 0 Å². The first-order chi connectivity index (χ1) is 9.76. The van der Waals surface area contributed by atoms with Gasteiger partial charge in [0, 0.05) is 0 Å². The van der Waals surface area contributed by atoms with Crippen LogP contribution in [0.3, 0.4) is 0 Å². The third-order valence-corrected chi connectivity index (χ3v) is 4.37. The molecule has 20 heavy (non-hydrogen) atoms. The average Bonchev–Trinajstić information content (AvgIpc) is 2.52. The van der Waals surface area contributed by atoms with E-state index in [-0.39, 0.29) is 0 Å². The van der Waals surface area contributed by atoms with Crippen LogP contribution in [0.15, 0.2) is 18.2 Å². The normalized spacial score (nSPS) is 17.8. The van der Waals surface area contributed by atoms with Gasteiger partial charge in [0.2, 0.25) is 0 Å². The minimum absolute atomic E-state index is 0.511. The lowest BCUT2D eigenvalue weighted by atomic mass is 9.85. The first kappa shape index (κ1) is 15.2. The van der Waals surface area contributed by atoms with Gasteiger partial charge in [-0.3, -0.25) is 0 Å². The van der Waals surface area contributed by atoms with Gasteiger partial charge in [0.05, 0.1) is 25.9 Å². The number of hydrogen-bond donors (Lipinski definition) is 1. The van der Waals surface area contributed by atoms with E-state index in [0.717, 1.165) is 24.3 Å². The molecule has 1 aromatic carbocycles. The van der Waals surface area contributed by atoms with Crippen LogP contribution in [0.4, 0.5) is 0 Å². The second-order valence-corrected chi connectivity index (χ2v) is 5.67. The summed E-state index contributed by atoms with van der Waals surface area (Å²) in [7, 11) is 3.26. The van der Waals surface area contributed by atoms with Crippen molar-refractivity contribution in [3.8, 4) is 11.5 Å². The van der Waals surface area contributed by atoms with Gasteiger partial charge in [0.15, 0.2) is 0 Å². The van der Waals surface area contributed by atoms with E-state index in [9.17, 15) is 5.11 Å². The molecule has 0 spiro atoms. The third kappa shape index (κ3) is 3.66. The number of benzene rings is 1. The van der Waals surface area contributed by atoms with E-state index in [1.165, 1.54) is 32.1 Å². The molecule has 1 fully saturated rings. The minimum Gasteiger partial charge on any atom is -0.496 e. The third-order valence-electron chi connectivity index (χ3n) is 4.37. The van der Waals surface area contributed by atoms with Crippen molar-refractivity contribution < 1.29 is 14.6 Å². The van der Waals surface area contributed by atoms with E-state index in [2.05, 4.69) is 0 Å². The second-order valence-electron chi connectivity index (χ2n) is 5.67. The Morgan fingerprint density at radius 2 is 1.70 bits per heavy atom. The molecule has 3 nitrogen and oxygen atoms in total. The maximum absolute atomic E-state index is 10.5. The molecular weight excluding hydrogens is 252 g/mol. The van der Waals surface area contributed by atoms with Crippen LogP contribution in [0.2, 0.25) is 0 Å². The molecule has 1 unspecified atom stereocenters. The fourth-order valence-corrected chi connectivity index (χ4v) is 3.22. The quantitative estimate of drug-likeness (QED) is 0.851. The van der Waals surface area contributed by atoms with Gasteiger partial charge < -0.3 is 14.6 Å². The molecule has 1 aromatic rings. The van der Waals surface area contributed by atoms with Gasteiger partial charge in [-0.05, 0) is 30.9 Å². The van der Waals surface area contributed by atoms with Crippen LogP contribution in [-0.2, 0) is 0 Å². The lowest BCUT2D eigenvalue weighted by Crippen LogP contribution is -2.09. The van der Waals surface area contributed by atoms with Gasteiger partial charge in [-0.15, -0.1) is 0 Å². The Bertz CT molecular complexity index is 388. The van der Waals surface area contributed by atoms with Crippen molar-refractivity contribution in [3.05, 3.63) is 23.8 Å². The van der Waals surface area contributed by atoms with Crippen molar-refractivity contribution in [1.29, 1.82) is 0 Å². The lowest BCUT2D eigenvalue weighted by molar-refractivity contribution is 0.144. The van der Waals surface area contributed by atoms with Crippen molar-refractivity contribution >= 4 is 0 Å². The number of rotatable bonds is 6. The topological polar surface area (TPSA) is 38.7 Å². The molecule has 0 aliphatic heterocycles. The van der Waals surface area contributed by atoms with E-state index in [0.29, 0.717) is 11.5 Å². The molecule has 0 amide bonds. The number of methoxy groups -OCH3 is 2. The van der Waals surface area contributed by atoms with Crippen LogP contribution in [-0.4, -0.2) is 19.3 Å². The molecule has 0 bridgehead atoms. The predicted octanol–water partition coefficient (Wildman–Crippen LogP) is 4.10. The van der Waals surface area contributed by atoms with Gasteiger partial charge in [-0.25, -0.2) is 0 Å². The van der Waals surface area contributed by atoms with E-state index < -0.39 is 6.10 Å². The summed E-state index contributed by atoms with van der Waals surface area (Å²) in [6.45, 7) is 0. The van der Waals surface area contributed by atoms with E-state index in [4.69, 9.17) is 9.47 Å². The molecular formula is C17H26O3. The number of aliphatic hydroxyl groups excluding tert-OH is 1. The van der Waals surface area contributed by atoms with Gasteiger partial charge in [0.25, 0.3) is 0 Å². The zero-order valence-electron chi connectivity index (χ0n) is 12.6. The van der Waals surface area contributed by atoms with Crippen LogP contribution in [0.25, 0.3) is 0 Å². The highest BCUT2D eigenvalue weighted by Crippen LogP contribution is 2.37. The Balaban J connectivity index is 2.02. The molecule has 1 N–H and O–H groups in total. The van der Waals surface area contributed by atoms with Gasteiger partial charge >= 0.3 is 0 Å². The molecule has 0 aromatic heterocycles. The number of hydrogen-bond acceptors (Lipinski definition) is 3. The van der Waals surface area contributed by atoms with Crippen molar-refractivity contribution in [2.45, 2.75) is 51.0 Å². The zero-order chi connectivity index (χ0) is 14.4. The molecule has 0 saturated heterocycles. The zero-order valence-corrected chi connectivity index (χ0v) is 12.6. The fourth-order valence-electron chi connectivity index (χ4n) is 3.22. The highest BCUT2D eigenvalue weighted by atomic mass is 16.5. The standard InChI is InChI=1S/C17H26O3/c1-19-15-9-6-10-16(20-2)17(15)14(18)12-11-13-7-4-3-5-8-13/h6,9-10,13-14,18H,3-5,7-8,11-12H2,1-2H3. The monoisotopic (exact) mass is 278 g/mol. The lowest BCUT2D eigenvalue weighted by Gasteiger charge is -2.24. The molecule has 1 aliphatic rings. The Kier molecular flexibility index (Phi) is 5.72. The van der Waals surface area contributed by atoms with Gasteiger partial charge in [-0.1, -0.05) is 38.2 Å². The molecule has 0 heterocycles. The fraction of sp³-hybridized carbons (Fsp3) is 0.647. The first-order valence-electron chi connectivity index (χ1n) is 7.65. The Hall–Kier alpha value is -1.22. The summed E-state index contributed by atoms with van der Waals surface area (Å²) >= 11 is 0. The minimum atomic E-state index is -0.511. The molecule has 0 radical (unpaired) electrons. The number of ether oxygens (including phenoxy) is 2. The largest absolute Gasteiger partial charge is 0.496 e. The summed E-state index contributed by atoms with van der Waals surface area (Å²) < 4.78 is 10.7. The maximum Gasteiger partial charge on any atom is 0.128 e. The van der Waals surface area contributed by atoms with Gasteiger partial charge in [-0.2, -0.15) is 0 Å².